The molecule has 0 spiro atoms. The summed E-state index contributed by atoms with van der Waals surface area (Å²) in [6.45, 7) is 5.48. The van der Waals surface area contributed by atoms with E-state index in [1.54, 1.807) is 14.0 Å². The Hall–Kier alpha value is -2.17. The molecule has 27 heavy (non-hydrogen) atoms. The molecule has 1 amide bonds. The molecule has 1 aliphatic rings. The van der Waals surface area contributed by atoms with Crippen molar-refractivity contribution in [3.63, 3.8) is 0 Å². The number of likely N-dealkylation sites (tertiary alicyclic amines) is 1. The molecule has 4 nitrogen and oxygen atoms in total. The molecular formula is C23H30N2O2. The molecule has 1 heterocycles. The molecule has 1 unspecified atom stereocenters. The van der Waals surface area contributed by atoms with E-state index < -0.39 is 6.10 Å². The summed E-state index contributed by atoms with van der Waals surface area (Å²) in [5.41, 5.74) is 2.65. The largest absolute Gasteiger partial charge is 0.372 e. The van der Waals surface area contributed by atoms with E-state index in [2.05, 4.69) is 64.8 Å². The van der Waals surface area contributed by atoms with E-state index in [1.165, 1.54) is 11.1 Å². The Balaban J connectivity index is 1.68. The highest BCUT2D eigenvalue weighted by atomic mass is 16.5. The minimum atomic E-state index is -0.420. The van der Waals surface area contributed by atoms with Crippen LogP contribution in [0.5, 0.6) is 0 Å². The Morgan fingerprint density at radius 1 is 1.07 bits per heavy atom. The number of rotatable bonds is 7. The molecular weight excluding hydrogens is 336 g/mol. The fraction of sp³-hybridized carbons (Fsp3) is 0.435. The summed E-state index contributed by atoms with van der Waals surface area (Å²) >= 11 is 0. The van der Waals surface area contributed by atoms with Crippen LogP contribution in [0.25, 0.3) is 0 Å². The van der Waals surface area contributed by atoms with E-state index in [9.17, 15) is 4.79 Å². The van der Waals surface area contributed by atoms with Crippen LogP contribution in [0.4, 0.5) is 0 Å². The van der Waals surface area contributed by atoms with Crippen molar-refractivity contribution in [3.05, 3.63) is 71.8 Å². The van der Waals surface area contributed by atoms with Crippen molar-refractivity contribution >= 4 is 5.91 Å². The fourth-order valence-corrected chi connectivity index (χ4v) is 3.85. The van der Waals surface area contributed by atoms with Crippen molar-refractivity contribution in [3.8, 4) is 0 Å². The average molecular weight is 367 g/mol. The van der Waals surface area contributed by atoms with Crippen LogP contribution in [-0.4, -0.2) is 43.7 Å². The predicted octanol–water partition coefficient (Wildman–Crippen LogP) is 3.37. The highest BCUT2D eigenvalue weighted by molar-refractivity contribution is 5.80. The van der Waals surface area contributed by atoms with Crippen molar-refractivity contribution in [1.82, 2.24) is 10.2 Å². The summed E-state index contributed by atoms with van der Waals surface area (Å²) in [4.78, 5) is 14.8. The minimum Gasteiger partial charge on any atom is -0.372 e. The van der Waals surface area contributed by atoms with E-state index in [4.69, 9.17) is 4.74 Å². The highest BCUT2D eigenvalue weighted by Crippen LogP contribution is 2.35. The maximum absolute atomic E-state index is 12.2. The highest BCUT2D eigenvalue weighted by Gasteiger charge is 2.36. The van der Waals surface area contributed by atoms with E-state index in [0.29, 0.717) is 6.54 Å². The smallest absolute Gasteiger partial charge is 0.248 e. The third kappa shape index (κ3) is 4.96. The number of carbonyl (C=O) groups is 1. The molecule has 3 rings (SSSR count). The number of carbonyl (C=O) groups excluding carboxylic acids is 1. The molecule has 2 aromatic carbocycles. The summed E-state index contributed by atoms with van der Waals surface area (Å²) in [7, 11) is 1.57. The Morgan fingerprint density at radius 3 is 2.26 bits per heavy atom. The predicted molar refractivity (Wildman–Crippen MR) is 109 cm³/mol. The number of methoxy groups -OCH3 is 1. The van der Waals surface area contributed by atoms with Gasteiger partial charge in [0.15, 0.2) is 0 Å². The summed E-state index contributed by atoms with van der Waals surface area (Å²) in [6.07, 6.45) is 1.65. The molecule has 0 radical (unpaired) electrons. The third-order valence-corrected chi connectivity index (χ3v) is 5.77. The van der Waals surface area contributed by atoms with Gasteiger partial charge in [0.1, 0.15) is 6.10 Å². The molecule has 1 saturated heterocycles. The number of amides is 1. The number of nitrogens with one attached hydrogen (secondary N) is 1. The lowest BCUT2D eigenvalue weighted by Gasteiger charge is -2.42. The molecule has 4 heteroatoms. The number of hydrogen-bond acceptors (Lipinski definition) is 3. The van der Waals surface area contributed by atoms with Gasteiger partial charge in [-0.15, -0.1) is 0 Å². The van der Waals surface area contributed by atoms with Gasteiger partial charge in [0.25, 0.3) is 0 Å². The third-order valence-electron chi connectivity index (χ3n) is 5.77. The Kier molecular flexibility index (Phi) is 6.64. The molecule has 2 aromatic rings. The number of hydrogen-bond donors (Lipinski definition) is 1. The lowest BCUT2D eigenvalue weighted by molar-refractivity contribution is -0.130. The van der Waals surface area contributed by atoms with E-state index in [1.807, 2.05) is 6.07 Å². The lowest BCUT2D eigenvalue weighted by atomic mass is 9.72. The Bertz CT molecular complexity index is 710. The van der Waals surface area contributed by atoms with Gasteiger partial charge >= 0.3 is 0 Å². The van der Waals surface area contributed by atoms with Crippen LogP contribution >= 0.6 is 0 Å². The molecule has 1 atom stereocenters. The second-order valence-corrected chi connectivity index (χ2v) is 7.50. The van der Waals surface area contributed by atoms with Gasteiger partial charge in [-0.3, -0.25) is 9.69 Å². The van der Waals surface area contributed by atoms with Gasteiger partial charge in [0.05, 0.1) is 0 Å². The molecule has 0 bridgehead atoms. The summed E-state index contributed by atoms with van der Waals surface area (Å²) in [6, 6.07) is 21.2. The van der Waals surface area contributed by atoms with Crippen LogP contribution in [0.2, 0.25) is 0 Å². The molecule has 144 valence electrons. The molecule has 1 fully saturated rings. The van der Waals surface area contributed by atoms with Gasteiger partial charge < -0.3 is 10.1 Å². The topological polar surface area (TPSA) is 41.6 Å². The van der Waals surface area contributed by atoms with Crippen molar-refractivity contribution in [2.24, 2.45) is 0 Å². The molecule has 1 aliphatic heterocycles. The van der Waals surface area contributed by atoms with Gasteiger partial charge in [-0.25, -0.2) is 0 Å². The summed E-state index contributed by atoms with van der Waals surface area (Å²) in [5, 5.41) is 3.12. The van der Waals surface area contributed by atoms with Crippen LogP contribution in [0.1, 0.15) is 30.9 Å². The normalized spacial score (nSPS) is 18.0. The molecule has 0 aromatic heterocycles. The van der Waals surface area contributed by atoms with Crippen molar-refractivity contribution in [1.29, 1.82) is 0 Å². The first-order chi connectivity index (χ1) is 13.1. The van der Waals surface area contributed by atoms with Crippen molar-refractivity contribution in [2.75, 3.05) is 26.7 Å². The zero-order chi connectivity index (χ0) is 19.1. The maximum Gasteiger partial charge on any atom is 0.248 e. The van der Waals surface area contributed by atoms with E-state index >= 15 is 0 Å². The van der Waals surface area contributed by atoms with Crippen LogP contribution < -0.4 is 5.32 Å². The number of nitrogens with zero attached hydrogens (tertiary/aromatic N) is 1. The first kappa shape index (κ1) is 19.6. The lowest BCUT2D eigenvalue weighted by Crippen LogP contribution is -2.50. The van der Waals surface area contributed by atoms with Gasteiger partial charge in [0, 0.05) is 25.6 Å². The quantitative estimate of drug-likeness (QED) is 0.817. The monoisotopic (exact) mass is 366 g/mol. The first-order valence-electron chi connectivity index (χ1n) is 9.75. The number of benzene rings is 2. The fourth-order valence-electron chi connectivity index (χ4n) is 3.85. The van der Waals surface area contributed by atoms with Gasteiger partial charge in [-0.2, -0.15) is 0 Å². The second kappa shape index (κ2) is 9.16. The van der Waals surface area contributed by atoms with Crippen LogP contribution in [0.3, 0.4) is 0 Å². The van der Waals surface area contributed by atoms with E-state index in [0.717, 1.165) is 32.5 Å². The zero-order valence-corrected chi connectivity index (χ0v) is 16.4. The standard InChI is InChI=1S/C23H30N2O2/c1-19(27-2)22(26)24-18-23(21-11-7-4-8-12-21)13-15-25(16-14-23)17-20-9-5-3-6-10-20/h3-12,19H,13-18H2,1-2H3,(H,24,26). The molecule has 1 N–H and O–H groups in total. The zero-order valence-electron chi connectivity index (χ0n) is 16.4. The molecule has 0 aliphatic carbocycles. The van der Waals surface area contributed by atoms with Gasteiger partial charge in [0.2, 0.25) is 5.91 Å². The number of piperidine rings is 1. The van der Waals surface area contributed by atoms with Crippen molar-refractivity contribution < 1.29 is 9.53 Å². The first-order valence-corrected chi connectivity index (χ1v) is 9.75. The SMILES string of the molecule is COC(C)C(=O)NCC1(c2ccccc2)CCN(Cc2ccccc2)CC1. The van der Waals surface area contributed by atoms with Crippen LogP contribution in [-0.2, 0) is 21.5 Å². The Morgan fingerprint density at radius 2 is 1.67 bits per heavy atom. The molecule has 0 saturated carbocycles. The van der Waals surface area contributed by atoms with Gasteiger partial charge in [-0.1, -0.05) is 60.7 Å². The van der Waals surface area contributed by atoms with Crippen LogP contribution in [0, 0.1) is 0 Å². The Labute approximate surface area is 162 Å². The maximum atomic E-state index is 12.2. The minimum absolute atomic E-state index is 0.0163. The number of ether oxygens (including phenoxy) is 1. The summed E-state index contributed by atoms with van der Waals surface area (Å²) in [5.74, 6) is -0.0421. The summed E-state index contributed by atoms with van der Waals surface area (Å²) < 4.78 is 5.15. The van der Waals surface area contributed by atoms with Crippen LogP contribution in [0.15, 0.2) is 60.7 Å². The van der Waals surface area contributed by atoms with E-state index in [-0.39, 0.29) is 11.3 Å². The second-order valence-electron chi connectivity index (χ2n) is 7.50. The van der Waals surface area contributed by atoms with Crippen molar-refractivity contribution in [2.45, 2.75) is 37.8 Å². The average Bonchev–Trinajstić information content (AvgIpc) is 2.74. The van der Waals surface area contributed by atoms with Gasteiger partial charge in [-0.05, 0) is 44.0 Å².